The largest absolute Gasteiger partial charge is 0.495 e. The second-order valence-electron chi connectivity index (χ2n) is 1.18. The molecule has 0 aliphatic heterocycles. The molecule has 0 unspecified atom stereocenters. The molecule has 38 valence electrons. The average molecular weight is 124 g/mol. The highest BCUT2D eigenvalue weighted by Crippen LogP contribution is 2.12. The Morgan fingerprint density at radius 1 is 1.67 bits per heavy atom. The van der Waals surface area contributed by atoms with Crippen LogP contribution in [-0.2, 0) is 0 Å². The monoisotopic (exact) mass is 124 g/mol. The standard InChI is InChI=1S/C3H8OS2/c1-6(2)3(4)5/h6H,1-2H3,(H,4,5). The smallest absolute Gasteiger partial charge is 0.196 e. The molecular weight excluding hydrogens is 116 g/mol. The van der Waals surface area contributed by atoms with E-state index in [0.29, 0.717) is 0 Å². The number of thiocarbonyl (C=S) groups is 1. The first-order valence-corrected chi connectivity index (χ1v) is 4.19. The van der Waals surface area contributed by atoms with E-state index in [2.05, 4.69) is 12.2 Å². The maximum atomic E-state index is 8.39. The van der Waals surface area contributed by atoms with Crippen LogP contribution in [0, 0.1) is 0 Å². The average Bonchev–Trinajstić information content (AvgIpc) is 1.36. The van der Waals surface area contributed by atoms with Gasteiger partial charge >= 0.3 is 0 Å². The van der Waals surface area contributed by atoms with Gasteiger partial charge in [-0.25, -0.2) is 0 Å². The van der Waals surface area contributed by atoms with Crippen LogP contribution in [0.1, 0.15) is 0 Å². The molecule has 0 bridgehead atoms. The fourth-order valence-electron chi connectivity index (χ4n) is 0. The predicted octanol–water partition coefficient (Wildman–Crippen LogP) is 1.09. The van der Waals surface area contributed by atoms with Gasteiger partial charge in [0.05, 0.1) is 0 Å². The van der Waals surface area contributed by atoms with Gasteiger partial charge in [0.1, 0.15) is 0 Å². The fourth-order valence-corrected chi connectivity index (χ4v) is 0. The number of rotatable bonds is 0. The van der Waals surface area contributed by atoms with Gasteiger partial charge in [0, 0.05) is 0 Å². The van der Waals surface area contributed by atoms with E-state index in [4.69, 9.17) is 5.11 Å². The summed E-state index contributed by atoms with van der Waals surface area (Å²) < 4.78 is 0.157. The van der Waals surface area contributed by atoms with Gasteiger partial charge in [0.25, 0.3) is 0 Å². The van der Waals surface area contributed by atoms with Gasteiger partial charge in [0.15, 0.2) is 4.38 Å². The summed E-state index contributed by atoms with van der Waals surface area (Å²) in [5.41, 5.74) is 0. The van der Waals surface area contributed by atoms with E-state index in [1.807, 2.05) is 12.5 Å². The highest BCUT2D eigenvalue weighted by atomic mass is 32.2. The van der Waals surface area contributed by atoms with Crippen molar-refractivity contribution >= 4 is 27.5 Å². The highest BCUT2D eigenvalue weighted by Gasteiger charge is 1.87. The summed E-state index contributed by atoms with van der Waals surface area (Å²) in [5, 5.41) is 8.39. The molecule has 0 saturated carbocycles. The molecule has 0 fully saturated rings. The molecule has 3 heteroatoms. The number of aliphatic hydroxyl groups excluding tert-OH is 1. The van der Waals surface area contributed by atoms with E-state index >= 15 is 0 Å². The minimum Gasteiger partial charge on any atom is -0.495 e. The van der Waals surface area contributed by atoms with E-state index in [1.54, 1.807) is 0 Å². The van der Waals surface area contributed by atoms with Gasteiger partial charge < -0.3 is 5.11 Å². The van der Waals surface area contributed by atoms with Gasteiger partial charge in [-0.2, -0.15) is 10.9 Å². The van der Waals surface area contributed by atoms with Crippen molar-refractivity contribution in [3.63, 3.8) is 0 Å². The lowest BCUT2D eigenvalue weighted by Gasteiger charge is -1.99. The van der Waals surface area contributed by atoms with Crippen molar-refractivity contribution in [2.75, 3.05) is 12.5 Å². The van der Waals surface area contributed by atoms with Crippen LogP contribution in [-0.4, -0.2) is 22.0 Å². The second-order valence-corrected chi connectivity index (χ2v) is 4.08. The van der Waals surface area contributed by atoms with E-state index in [1.165, 1.54) is 0 Å². The Hall–Kier alpha value is 0.240. The SMILES string of the molecule is C[SH](C)C(O)=S. The molecule has 1 nitrogen and oxygen atoms in total. The van der Waals surface area contributed by atoms with E-state index in [9.17, 15) is 0 Å². The van der Waals surface area contributed by atoms with Crippen LogP contribution in [0.3, 0.4) is 0 Å². The number of thiol groups is 1. The summed E-state index contributed by atoms with van der Waals surface area (Å²) in [6.45, 7) is 0. The van der Waals surface area contributed by atoms with Crippen LogP contribution in [0.4, 0.5) is 0 Å². The Labute approximate surface area is 45.7 Å². The van der Waals surface area contributed by atoms with Crippen LogP contribution in [0.15, 0.2) is 0 Å². The molecular formula is C3H8OS2. The normalized spacial score (nSPS) is 10.7. The lowest BCUT2D eigenvalue weighted by molar-refractivity contribution is 0.585. The first kappa shape index (κ1) is 6.24. The quantitative estimate of drug-likeness (QED) is 0.372. The third-order valence-corrected chi connectivity index (χ3v) is 2.24. The highest BCUT2D eigenvalue weighted by molar-refractivity contribution is 8.34. The molecule has 0 heterocycles. The van der Waals surface area contributed by atoms with Crippen molar-refractivity contribution in [1.82, 2.24) is 0 Å². The van der Waals surface area contributed by atoms with Gasteiger partial charge in [-0.15, -0.1) is 0 Å². The van der Waals surface area contributed by atoms with Crippen molar-refractivity contribution in [1.29, 1.82) is 0 Å². The molecule has 0 aromatic rings. The topological polar surface area (TPSA) is 20.2 Å². The van der Waals surface area contributed by atoms with Crippen LogP contribution in [0.2, 0.25) is 0 Å². The van der Waals surface area contributed by atoms with Crippen molar-refractivity contribution in [2.24, 2.45) is 0 Å². The molecule has 0 saturated heterocycles. The van der Waals surface area contributed by atoms with Crippen molar-refractivity contribution in [3.05, 3.63) is 0 Å². The molecule has 0 amide bonds. The molecule has 0 spiro atoms. The molecule has 0 rings (SSSR count). The Morgan fingerprint density at radius 2 is 1.83 bits per heavy atom. The number of hydrogen-bond acceptors (Lipinski definition) is 1. The summed E-state index contributed by atoms with van der Waals surface area (Å²) in [5.74, 6) is 0. The van der Waals surface area contributed by atoms with Gasteiger partial charge in [-0.3, -0.25) is 0 Å². The Morgan fingerprint density at radius 3 is 1.83 bits per heavy atom. The molecule has 0 aliphatic rings. The Bertz CT molecular complexity index is 59.8. The predicted molar refractivity (Wildman–Crippen MR) is 36.1 cm³/mol. The lowest BCUT2D eigenvalue weighted by atomic mass is 11.7. The van der Waals surface area contributed by atoms with E-state index < -0.39 is 0 Å². The van der Waals surface area contributed by atoms with Crippen LogP contribution in [0.5, 0.6) is 0 Å². The number of aliphatic hydroxyl groups is 1. The summed E-state index contributed by atoms with van der Waals surface area (Å²) in [7, 11) is -0.372. The van der Waals surface area contributed by atoms with Crippen LogP contribution >= 0.6 is 23.1 Å². The molecule has 6 heavy (non-hydrogen) atoms. The first-order valence-electron chi connectivity index (χ1n) is 1.55. The summed E-state index contributed by atoms with van der Waals surface area (Å²) in [6.07, 6.45) is 3.83. The van der Waals surface area contributed by atoms with Gasteiger partial charge in [-0.1, -0.05) is 0 Å². The van der Waals surface area contributed by atoms with Crippen molar-refractivity contribution in [2.45, 2.75) is 0 Å². The Balaban J connectivity index is 3.26. The van der Waals surface area contributed by atoms with Crippen molar-refractivity contribution < 1.29 is 5.11 Å². The molecule has 0 aromatic carbocycles. The fraction of sp³-hybridized carbons (Fsp3) is 0.667. The minimum atomic E-state index is -0.372. The Kier molecular flexibility index (Phi) is 2.52. The maximum absolute atomic E-state index is 8.39. The molecule has 0 aromatic heterocycles. The summed E-state index contributed by atoms with van der Waals surface area (Å²) in [6, 6.07) is 0. The molecule has 1 N–H and O–H groups in total. The molecule has 0 aliphatic carbocycles. The second kappa shape index (κ2) is 2.42. The zero-order valence-corrected chi connectivity index (χ0v) is 5.51. The van der Waals surface area contributed by atoms with E-state index in [0.717, 1.165) is 0 Å². The first-order chi connectivity index (χ1) is 2.64. The zero-order chi connectivity index (χ0) is 5.15. The summed E-state index contributed by atoms with van der Waals surface area (Å²) in [4.78, 5) is 0. The van der Waals surface area contributed by atoms with Gasteiger partial charge in [-0.05, 0) is 24.7 Å². The van der Waals surface area contributed by atoms with Crippen LogP contribution in [0.25, 0.3) is 0 Å². The number of hydrogen-bond donors (Lipinski definition) is 2. The van der Waals surface area contributed by atoms with Gasteiger partial charge in [0.2, 0.25) is 0 Å². The van der Waals surface area contributed by atoms with E-state index in [-0.39, 0.29) is 15.3 Å². The van der Waals surface area contributed by atoms with Crippen LogP contribution < -0.4 is 0 Å². The molecule has 0 atom stereocenters. The minimum absolute atomic E-state index is 0.157. The summed E-state index contributed by atoms with van der Waals surface area (Å²) >= 11 is 4.40. The van der Waals surface area contributed by atoms with Crippen molar-refractivity contribution in [3.8, 4) is 0 Å². The third kappa shape index (κ3) is 2.48. The zero-order valence-electron chi connectivity index (χ0n) is 3.80. The maximum Gasteiger partial charge on any atom is 0.196 e. The lowest BCUT2D eigenvalue weighted by Crippen LogP contribution is -1.87. The molecule has 0 radical (unpaired) electrons. The third-order valence-electron chi connectivity index (χ3n) is 0.383.